The second-order valence-corrected chi connectivity index (χ2v) is 4.81. The molecule has 1 aliphatic heterocycles. The SMILES string of the molecule is N#CC1CN(C(=O)Nc2ccc(Cl)c(Cl)c2)CCO1. The molecule has 0 saturated carbocycles. The zero-order valence-corrected chi connectivity index (χ0v) is 11.4. The highest BCUT2D eigenvalue weighted by molar-refractivity contribution is 6.42. The number of halogens is 2. The molecule has 0 spiro atoms. The Hall–Kier alpha value is -1.48. The number of benzene rings is 1. The van der Waals surface area contributed by atoms with Crippen LogP contribution in [0.25, 0.3) is 0 Å². The molecule has 1 unspecified atom stereocenters. The summed E-state index contributed by atoms with van der Waals surface area (Å²) in [5, 5.41) is 12.3. The molecule has 19 heavy (non-hydrogen) atoms. The van der Waals surface area contributed by atoms with Crippen LogP contribution in [-0.4, -0.2) is 36.7 Å². The first kappa shape index (κ1) is 13.9. The van der Waals surface area contributed by atoms with Crippen LogP contribution in [0, 0.1) is 11.3 Å². The fourth-order valence-electron chi connectivity index (χ4n) is 1.69. The van der Waals surface area contributed by atoms with Crippen LogP contribution in [0.15, 0.2) is 18.2 Å². The van der Waals surface area contributed by atoms with Crippen molar-refractivity contribution in [2.75, 3.05) is 25.0 Å². The average Bonchev–Trinajstić information content (AvgIpc) is 2.43. The van der Waals surface area contributed by atoms with Gasteiger partial charge in [-0.05, 0) is 18.2 Å². The van der Waals surface area contributed by atoms with Gasteiger partial charge in [0, 0.05) is 12.2 Å². The van der Waals surface area contributed by atoms with Gasteiger partial charge in [0.25, 0.3) is 0 Å². The largest absolute Gasteiger partial charge is 0.360 e. The van der Waals surface area contributed by atoms with E-state index in [0.29, 0.717) is 28.9 Å². The van der Waals surface area contributed by atoms with Gasteiger partial charge in [0.1, 0.15) is 0 Å². The second-order valence-electron chi connectivity index (χ2n) is 3.99. The number of hydrogen-bond donors (Lipinski definition) is 1. The smallest absolute Gasteiger partial charge is 0.322 e. The maximum Gasteiger partial charge on any atom is 0.322 e. The number of nitriles is 1. The molecule has 1 fully saturated rings. The molecule has 1 aromatic carbocycles. The van der Waals surface area contributed by atoms with Crippen LogP contribution >= 0.6 is 23.2 Å². The molecule has 0 radical (unpaired) electrons. The monoisotopic (exact) mass is 299 g/mol. The number of hydrogen-bond acceptors (Lipinski definition) is 3. The van der Waals surface area contributed by atoms with Crippen molar-refractivity contribution in [2.45, 2.75) is 6.10 Å². The number of urea groups is 1. The molecule has 2 amide bonds. The minimum Gasteiger partial charge on any atom is -0.360 e. The number of rotatable bonds is 1. The van der Waals surface area contributed by atoms with Gasteiger partial charge in [0.15, 0.2) is 6.10 Å². The second kappa shape index (κ2) is 6.11. The highest BCUT2D eigenvalue weighted by atomic mass is 35.5. The summed E-state index contributed by atoms with van der Waals surface area (Å²) < 4.78 is 5.17. The maximum absolute atomic E-state index is 12.0. The third kappa shape index (κ3) is 3.51. The quantitative estimate of drug-likeness (QED) is 0.867. The van der Waals surface area contributed by atoms with Gasteiger partial charge in [-0.2, -0.15) is 5.26 Å². The lowest BCUT2D eigenvalue weighted by Gasteiger charge is -2.29. The predicted octanol–water partition coefficient (Wildman–Crippen LogP) is 2.75. The molecule has 100 valence electrons. The Morgan fingerprint density at radius 3 is 2.95 bits per heavy atom. The van der Waals surface area contributed by atoms with Crippen molar-refractivity contribution in [3.05, 3.63) is 28.2 Å². The molecule has 0 aliphatic carbocycles. The van der Waals surface area contributed by atoms with Crippen molar-refractivity contribution in [2.24, 2.45) is 0 Å². The molecular formula is C12H11Cl2N3O2. The molecule has 1 aliphatic rings. The fraction of sp³-hybridized carbons (Fsp3) is 0.333. The van der Waals surface area contributed by atoms with Crippen LogP contribution in [-0.2, 0) is 4.74 Å². The molecule has 1 aromatic rings. The summed E-state index contributed by atoms with van der Waals surface area (Å²) in [6, 6.07) is 6.54. The lowest BCUT2D eigenvalue weighted by atomic mass is 10.3. The van der Waals surface area contributed by atoms with Crippen molar-refractivity contribution < 1.29 is 9.53 Å². The van der Waals surface area contributed by atoms with Crippen LogP contribution in [0.4, 0.5) is 10.5 Å². The number of ether oxygens (including phenoxy) is 1. The van der Waals surface area contributed by atoms with Crippen molar-refractivity contribution >= 4 is 34.9 Å². The summed E-state index contributed by atoms with van der Waals surface area (Å²) in [6.07, 6.45) is -0.576. The fourth-order valence-corrected chi connectivity index (χ4v) is 1.99. The third-order valence-corrected chi connectivity index (χ3v) is 3.41. The number of carbonyl (C=O) groups excluding carboxylic acids is 1. The lowest BCUT2D eigenvalue weighted by molar-refractivity contribution is 0.0181. The normalized spacial score (nSPS) is 18.8. The van der Waals surface area contributed by atoms with E-state index in [1.54, 1.807) is 18.2 Å². The van der Waals surface area contributed by atoms with E-state index in [1.165, 1.54) is 4.90 Å². The van der Waals surface area contributed by atoms with Gasteiger partial charge < -0.3 is 15.0 Å². The summed E-state index contributed by atoms with van der Waals surface area (Å²) in [5.41, 5.74) is 0.555. The Kier molecular flexibility index (Phi) is 4.48. The molecule has 1 atom stereocenters. The first-order valence-electron chi connectivity index (χ1n) is 5.62. The molecule has 5 nitrogen and oxygen atoms in total. The van der Waals surface area contributed by atoms with Crippen LogP contribution in [0.5, 0.6) is 0 Å². The van der Waals surface area contributed by atoms with E-state index >= 15 is 0 Å². The maximum atomic E-state index is 12.0. The van der Waals surface area contributed by atoms with Gasteiger partial charge in [0.2, 0.25) is 0 Å². The predicted molar refractivity (Wildman–Crippen MR) is 72.4 cm³/mol. The third-order valence-electron chi connectivity index (χ3n) is 2.67. The number of amides is 2. The average molecular weight is 300 g/mol. The van der Waals surface area contributed by atoms with E-state index in [2.05, 4.69) is 5.32 Å². The number of nitrogens with zero attached hydrogens (tertiary/aromatic N) is 2. The Labute approximate surface area is 120 Å². The van der Waals surface area contributed by atoms with Crippen molar-refractivity contribution in [3.8, 4) is 6.07 Å². The zero-order valence-electron chi connectivity index (χ0n) is 9.90. The minimum atomic E-state index is -0.576. The van der Waals surface area contributed by atoms with Gasteiger partial charge in [-0.3, -0.25) is 0 Å². The number of nitrogens with one attached hydrogen (secondary N) is 1. The molecule has 7 heteroatoms. The van der Waals surface area contributed by atoms with Gasteiger partial charge in [0.05, 0.1) is 29.3 Å². The molecule has 1 N–H and O–H groups in total. The molecule has 1 heterocycles. The number of carbonyl (C=O) groups is 1. The Bertz CT molecular complexity index is 530. The van der Waals surface area contributed by atoms with Crippen molar-refractivity contribution in [1.29, 1.82) is 5.26 Å². The number of anilines is 1. The van der Waals surface area contributed by atoms with E-state index in [0.717, 1.165) is 0 Å². The Morgan fingerprint density at radius 2 is 2.26 bits per heavy atom. The van der Waals surface area contributed by atoms with Gasteiger partial charge in [-0.25, -0.2) is 4.79 Å². The van der Waals surface area contributed by atoms with Gasteiger partial charge >= 0.3 is 6.03 Å². The summed E-state index contributed by atoms with van der Waals surface area (Å²) in [4.78, 5) is 13.5. The molecule has 2 rings (SSSR count). The van der Waals surface area contributed by atoms with E-state index in [1.807, 2.05) is 6.07 Å². The summed E-state index contributed by atoms with van der Waals surface area (Å²) >= 11 is 11.7. The summed E-state index contributed by atoms with van der Waals surface area (Å²) in [6.45, 7) is 1.06. The standard InChI is InChI=1S/C12H11Cl2N3O2/c13-10-2-1-8(5-11(10)14)16-12(18)17-3-4-19-9(6-15)7-17/h1-2,5,9H,3-4,7H2,(H,16,18). The zero-order chi connectivity index (χ0) is 13.8. The highest BCUT2D eigenvalue weighted by Gasteiger charge is 2.23. The van der Waals surface area contributed by atoms with Crippen molar-refractivity contribution in [3.63, 3.8) is 0 Å². The first-order valence-corrected chi connectivity index (χ1v) is 6.38. The van der Waals surface area contributed by atoms with Crippen LogP contribution in [0.1, 0.15) is 0 Å². The van der Waals surface area contributed by atoms with E-state index in [-0.39, 0.29) is 12.6 Å². The molecule has 0 bridgehead atoms. The van der Waals surface area contributed by atoms with E-state index in [4.69, 9.17) is 33.2 Å². The topological polar surface area (TPSA) is 65.4 Å². The molecule has 1 saturated heterocycles. The van der Waals surface area contributed by atoms with E-state index in [9.17, 15) is 4.79 Å². The van der Waals surface area contributed by atoms with Crippen molar-refractivity contribution in [1.82, 2.24) is 4.90 Å². The van der Waals surface area contributed by atoms with Crippen LogP contribution < -0.4 is 5.32 Å². The Balaban J connectivity index is 2.00. The number of morpholine rings is 1. The highest BCUT2D eigenvalue weighted by Crippen LogP contribution is 2.25. The molecular weight excluding hydrogens is 289 g/mol. The minimum absolute atomic E-state index is 0.254. The van der Waals surface area contributed by atoms with Crippen LogP contribution in [0.2, 0.25) is 10.0 Å². The van der Waals surface area contributed by atoms with E-state index < -0.39 is 6.10 Å². The summed E-state index contributed by atoms with van der Waals surface area (Å²) in [7, 11) is 0. The first-order chi connectivity index (χ1) is 9.10. The Morgan fingerprint density at radius 1 is 1.47 bits per heavy atom. The summed E-state index contributed by atoms with van der Waals surface area (Å²) in [5.74, 6) is 0. The van der Waals surface area contributed by atoms with Gasteiger partial charge in [-0.15, -0.1) is 0 Å². The van der Waals surface area contributed by atoms with Crippen LogP contribution in [0.3, 0.4) is 0 Å². The molecule has 0 aromatic heterocycles. The van der Waals surface area contributed by atoms with Gasteiger partial charge in [-0.1, -0.05) is 23.2 Å². The lowest BCUT2D eigenvalue weighted by Crippen LogP contribution is -2.46.